The average molecular weight is 538 g/mol. The predicted octanol–water partition coefficient (Wildman–Crippen LogP) is 6.92. The highest BCUT2D eigenvalue weighted by Gasteiger charge is 2.32. The first-order chi connectivity index (χ1) is 18.7. The van der Waals surface area contributed by atoms with Gasteiger partial charge in [0.05, 0.1) is 18.4 Å². The van der Waals surface area contributed by atoms with E-state index in [4.69, 9.17) is 5.11 Å². The fourth-order valence-electron chi connectivity index (χ4n) is 4.65. The normalized spacial score (nSPS) is 14.3. The minimum Gasteiger partial charge on any atom is -0.478 e. The van der Waals surface area contributed by atoms with Crippen LogP contribution in [-0.4, -0.2) is 22.0 Å². The quantitative estimate of drug-likeness (QED) is 0.290. The highest BCUT2D eigenvalue weighted by atomic mass is 19.4. The van der Waals surface area contributed by atoms with Gasteiger partial charge in [-0.3, -0.25) is 4.79 Å². The number of pyridine rings is 1. The number of halogens is 3. The molecular weight excluding hydrogens is 507 g/mol. The lowest BCUT2D eigenvalue weighted by Crippen LogP contribution is -2.36. The van der Waals surface area contributed by atoms with E-state index in [2.05, 4.69) is 10.3 Å². The fraction of sp³-hybridized carbons (Fsp3) is 0.300. The Morgan fingerprint density at radius 1 is 1.00 bits per heavy atom. The van der Waals surface area contributed by atoms with Crippen LogP contribution in [0, 0.1) is 5.92 Å². The van der Waals surface area contributed by atoms with Crippen LogP contribution in [0.5, 0.6) is 0 Å². The zero-order valence-corrected chi connectivity index (χ0v) is 21.3. The molecule has 0 saturated heterocycles. The van der Waals surface area contributed by atoms with Crippen molar-refractivity contribution in [3.05, 3.63) is 95.3 Å². The summed E-state index contributed by atoms with van der Waals surface area (Å²) >= 11 is 0. The molecule has 39 heavy (non-hydrogen) atoms. The fourth-order valence-corrected chi connectivity index (χ4v) is 4.65. The van der Waals surface area contributed by atoms with Crippen molar-refractivity contribution in [2.45, 2.75) is 51.4 Å². The van der Waals surface area contributed by atoms with Gasteiger partial charge in [0.25, 0.3) is 0 Å². The smallest absolute Gasteiger partial charge is 0.433 e. The van der Waals surface area contributed by atoms with Gasteiger partial charge in [0.15, 0.2) is 0 Å². The summed E-state index contributed by atoms with van der Waals surface area (Å²) in [6.45, 7) is 0.758. The van der Waals surface area contributed by atoms with Gasteiger partial charge in [-0.2, -0.15) is 13.2 Å². The Bertz CT molecular complexity index is 1300. The number of rotatable bonds is 9. The minimum absolute atomic E-state index is 0.0437. The van der Waals surface area contributed by atoms with Crippen LogP contribution in [0.25, 0.3) is 6.08 Å². The van der Waals surface area contributed by atoms with Crippen LogP contribution in [0.15, 0.2) is 72.9 Å². The Morgan fingerprint density at radius 2 is 1.72 bits per heavy atom. The van der Waals surface area contributed by atoms with Crippen LogP contribution in [-0.2, 0) is 28.9 Å². The average Bonchev–Trinajstić information content (AvgIpc) is 2.94. The number of aliphatic carboxylic acids is 1. The van der Waals surface area contributed by atoms with Gasteiger partial charge in [-0.25, -0.2) is 9.78 Å². The second-order valence-corrected chi connectivity index (χ2v) is 9.63. The highest BCUT2D eigenvalue weighted by Crippen LogP contribution is 2.30. The molecule has 1 aliphatic rings. The number of nitrogens with zero attached hydrogens (tertiary/aromatic N) is 2. The molecule has 9 heteroatoms. The monoisotopic (exact) mass is 537 g/mol. The second-order valence-electron chi connectivity index (χ2n) is 9.63. The highest BCUT2D eigenvalue weighted by molar-refractivity contribution is 5.95. The van der Waals surface area contributed by atoms with Crippen molar-refractivity contribution in [2.75, 3.05) is 10.2 Å². The zero-order valence-electron chi connectivity index (χ0n) is 21.3. The van der Waals surface area contributed by atoms with E-state index in [0.29, 0.717) is 30.0 Å². The third-order valence-electron chi connectivity index (χ3n) is 6.73. The Kier molecular flexibility index (Phi) is 9.01. The van der Waals surface area contributed by atoms with E-state index < -0.39 is 17.8 Å². The van der Waals surface area contributed by atoms with Crippen molar-refractivity contribution >= 4 is 29.3 Å². The zero-order chi connectivity index (χ0) is 27.8. The molecule has 2 aromatic carbocycles. The van der Waals surface area contributed by atoms with Crippen molar-refractivity contribution in [2.24, 2.45) is 5.92 Å². The summed E-state index contributed by atoms with van der Waals surface area (Å²) < 4.78 is 38.1. The number of carbonyl (C=O) groups excluding carboxylic acids is 1. The molecule has 2 N–H and O–H groups in total. The lowest BCUT2D eigenvalue weighted by atomic mass is 9.88. The molecule has 0 radical (unpaired) electrons. The standard InChI is InChI=1S/C30H30F3N3O3/c31-30(32,33)27-15-14-25(19-35-27)34-18-22-9-11-23(12-10-22)20-36(29(39)24-6-2-1-3-7-24)26-8-4-5-21(17-26)13-16-28(37)38/h4-5,8-17,19,24,34H,1-3,6-7,18,20H2,(H,37,38). The third-order valence-corrected chi connectivity index (χ3v) is 6.73. The molecule has 6 nitrogen and oxygen atoms in total. The maximum absolute atomic E-state index is 13.6. The van der Waals surface area contributed by atoms with Gasteiger partial charge in [-0.05, 0) is 59.9 Å². The number of nitrogens with one attached hydrogen (secondary N) is 1. The lowest BCUT2D eigenvalue weighted by molar-refractivity contribution is -0.141. The molecule has 1 aliphatic carbocycles. The molecule has 1 aromatic heterocycles. The maximum atomic E-state index is 13.6. The van der Waals surface area contributed by atoms with Crippen LogP contribution in [0.2, 0.25) is 0 Å². The number of carboxylic acid groups (broad SMARTS) is 1. The van der Waals surface area contributed by atoms with Crippen LogP contribution in [0.3, 0.4) is 0 Å². The van der Waals surface area contributed by atoms with E-state index in [1.807, 2.05) is 42.5 Å². The van der Waals surface area contributed by atoms with E-state index in [9.17, 15) is 22.8 Å². The number of carboxylic acids is 1. The summed E-state index contributed by atoms with van der Waals surface area (Å²) in [7, 11) is 0. The van der Waals surface area contributed by atoms with Crippen LogP contribution in [0.1, 0.15) is 54.5 Å². The number of anilines is 2. The second kappa shape index (κ2) is 12.6. The first-order valence-corrected chi connectivity index (χ1v) is 12.9. The molecule has 0 spiro atoms. The summed E-state index contributed by atoms with van der Waals surface area (Å²) in [4.78, 5) is 29.8. The number of hydrogen-bond acceptors (Lipinski definition) is 4. The van der Waals surface area contributed by atoms with Gasteiger partial charge in [-0.1, -0.05) is 55.7 Å². The Morgan fingerprint density at radius 3 is 2.36 bits per heavy atom. The van der Waals surface area contributed by atoms with E-state index in [1.165, 1.54) is 12.1 Å². The number of alkyl halides is 3. The number of benzene rings is 2. The molecule has 1 saturated carbocycles. The SMILES string of the molecule is O=C(O)C=Cc1cccc(N(Cc2ccc(CNc3ccc(C(F)(F)F)nc3)cc2)C(=O)C2CCCCC2)c1. The van der Waals surface area contributed by atoms with Gasteiger partial charge >= 0.3 is 12.1 Å². The van der Waals surface area contributed by atoms with Crippen molar-refractivity contribution in [1.82, 2.24) is 4.98 Å². The number of carbonyl (C=O) groups is 2. The summed E-state index contributed by atoms with van der Waals surface area (Å²) in [6.07, 6.45) is 4.17. The first-order valence-electron chi connectivity index (χ1n) is 12.9. The summed E-state index contributed by atoms with van der Waals surface area (Å²) in [5, 5.41) is 12.0. The lowest BCUT2D eigenvalue weighted by Gasteiger charge is -2.30. The van der Waals surface area contributed by atoms with Crippen molar-refractivity contribution in [3.63, 3.8) is 0 Å². The Hall–Kier alpha value is -4.14. The summed E-state index contributed by atoms with van der Waals surface area (Å²) in [6, 6.07) is 17.2. The van der Waals surface area contributed by atoms with Gasteiger partial charge in [0.1, 0.15) is 5.69 Å². The number of aromatic nitrogens is 1. The molecule has 1 fully saturated rings. The van der Waals surface area contributed by atoms with Gasteiger partial charge < -0.3 is 15.3 Å². The van der Waals surface area contributed by atoms with E-state index >= 15 is 0 Å². The Labute approximate surface area is 225 Å². The summed E-state index contributed by atoms with van der Waals surface area (Å²) in [5.41, 5.74) is 2.78. The van der Waals surface area contributed by atoms with E-state index in [-0.39, 0.29) is 11.8 Å². The minimum atomic E-state index is -4.48. The number of hydrogen-bond donors (Lipinski definition) is 2. The largest absolute Gasteiger partial charge is 0.478 e. The van der Waals surface area contributed by atoms with Gasteiger partial charge in [0.2, 0.25) is 5.91 Å². The van der Waals surface area contributed by atoms with E-state index in [0.717, 1.165) is 61.6 Å². The molecule has 0 unspecified atom stereocenters. The van der Waals surface area contributed by atoms with Crippen LogP contribution in [0.4, 0.5) is 24.5 Å². The molecule has 3 aromatic rings. The molecule has 1 heterocycles. The van der Waals surface area contributed by atoms with Gasteiger partial charge in [-0.15, -0.1) is 0 Å². The number of amides is 1. The molecular formula is C30H30F3N3O3. The first kappa shape index (κ1) is 27.9. The predicted molar refractivity (Wildman–Crippen MR) is 144 cm³/mol. The molecule has 0 bridgehead atoms. The summed E-state index contributed by atoms with van der Waals surface area (Å²) in [5.74, 6) is -1.02. The van der Waals surface area contributed by atoms with Crippen molar-refractivity contribution < 1.29 is 27.9 Å². The maximum Gasteiger partial charge on any atom is 0.433 e. The van der Waals surface area contributed by atoms with Crippen molar-refractivity contribution in [3.8, 4) is 0 Å². The molecule has 204 valence electrons. The topological polar surface area (TPSA) is 82.5 Å². The van der Waals surface area contributed by atoms with Crippen LogP contribution >= 0.6 is 0 Å². The molecule has 0 aliphatic heterocycles. The van der Waals surface area contributed by atoms with E-state index in [1.54, 1.807) is 11.0 Å². The Balaban J connectivity index is 1.47. The molecule has 4 rings (SSSR count). The van der Waals surface area contributed by atoms with Crippen molar-refractivity contribution in [1.29, 1.82) is 0 Å². The third kappa shape index (κ3) is 7.92. The molecule has 0 atom stereocenters. The molecule has 1 amide bonds. The van der Waals surface area contributed by atoms with Gasteiger partial charge in [0, 0.05) is 24.2 Å². The van der Waals surface area contributed by atoms with Crippen LogP contribution < -0.4 is 10.2 Å².